The first kappa shape index (κ1) is 14.1. The molecule has 0 unspecified atom stereocenters. The van der Waals surface area contributed by atoms with Gasteiger partial charge in [0.25, 0.3) is 5.91 Å². The van der Waals surface area contributed by atoms with Crippen LogP contribution in [0.3, 0.4) is 0 Å². The molecule has 112 valence electrons. The lowest BCUT2D eigenvalue weighted by Gasteiger charge is -2.35. The summed E-state index contributed by atoms with van der Waals surface area (Å²) in [6.07, 6.45) is 0. The number of hydrogen-bond acceptors (Lipinski definition) is 3. The summed E-state index contributed by atoms with van der Waals surface area (Å²) in [5.41, 5.74) is 0.777. The molecule has 1 fully saturated rings. The summed E-state index contributed by atoms with van der Waals surface area (Å²) in [5, 5.41) is 0.985. The standard InChI is InChI=1S/C17H22N2O2/c1-13(2)12-18-7-9-19(10-8-18)17(20)16-11-14-5-3-4-6-15(14)21-16/h3-6,11,13H,7-10,12H2,1-2H3. The number of nitrogens with zero attached hydrogens (tertiary/aromatic N) is 2. The molecule has 0 atom stereocenters. The average Bonchev–Trinajstić information content (AvgIpc) is 2.90. The smallest absolute Gasteiger partial charge is 0.289 e. The Bertz CT molecular complexity index is 592. The summed E-state index contributed by atoms with van der Waals surface area (Å²) in [6.45, 7) is 9.02. The van der Waals surface area contributed by atoms with Crippen LogP contribution in [0.1, 0.15) is 24.4 Å². The van der Waals surface area contributed by atoms with Crippen LogP contribution in [0.2, 0.25) is 0 Å². The predicted molar refractivity (Wildman–Crippen MR) is 83.4 cm³/mol. The maximum absolute atomic E-state index is 12.5. The lowest BCUT2D eigenvalue weighted by atomic mass is 10.2. The van der Waals surface area contributed by atoms with Crippen LogP contribution in [0, 0.1) is 5.92 Å². The van der Waals surface area contributed by atoms with Crippen molar-refractivity contribution in [3.8, 4) is 0 Å². The zero-order chi connectivity index (χ0) is 14.8. The number of para-hydroxylation sites is 1. The number of carbonyl (C=O) groups is 1. The number of piperazine rings is 1. The molecule has 0 aliphatic carbocycles. The average molecular weight is 286 g/mol. The van der Waals surface area contributed by atoms with E-state index < -0.39 is 0 Å². The number of benzene rings is 1. The molecule has 1 aliphatic rings. The molecule has 1 aromatic carbocycles. The van der Waals surface area contributed by atoms with Gasteiger partial charge in [0.2, 0.25) is 0 Å². The van der Waals surface area contributed by atoms with Gasteiger partial charge >= 0.3 is 0 Å². The number of hydrogen-bond donors (Lipinski definition) is 0. The molecule has 0 saturated carbocycles. The van der Waals surface area contributed by atoms with E-state index in [1.807, 2.05) is 35.2 Å². The molecule has 0 radical (unpaired) electrons. The number of furan rings is 1. The van der Waals surface area contributed by atoms with E-state index in [2.05, 4.69) is 18.7 Å². The van der Waals surface area contributed by atoms with E-state index in [0.29, 0.717) is 11.7 Å². The monoisotopic (exact) mass is 286 g/mol. The Morgan fingerprint density at radius 1 is 1.19 bits per heavy atom. The van der Waals surface area contributed by atoms with Gasteiger partial charge in [0.1, 0.15) is 5.58 Å². The second-order valence-corrected chi connectivity index (χ2v) is 6.14. The Morgan fingerprint density at radius 3 is 2.57 bits per heavy atom. The molecule has 0 bridgehead atoms. The molecule has 1 aliphatic heterocycles. The van der Waals surface area contributed by atoms with Gasteiger partial charge in [0, 0.05) is 38.1 Å². The highest BCUT2D eigenvalue weighted by Crippen LogP contribution is 2.20. The fourth-order valence-corrected chi connectivity index (χ4v) is 2.89. The van der Waals surface area contributed by atoms with Crippen molar-refractivity contribution < 1.29 is 9.21 Å². The van der Waals surface area contributed by atoms with Gasteiger partial charge < -0.3 is 9.32 Å². The lowest BCUT2D eigenvalue weighted by Crippen LogP contribution is -2.49. The molecule has 2 aromatic rings. The van der Waals surface area contributed by atoms with Gasteiger partial charge in [-0.25, -0.2) is 0 Å². The molecule has 1 saturated heterocycles. The Kier molecular flexibility index (Phi) is 3.97. The molecular formula is C17H22N2O2. The molecule has 3 rings (SSSR count). The van der Waals surface area contributed by atoms with Crippen LogP contribution in [0.15, 0.2) is 34.7 Å². The summed E-state index contributed by atoms with van der Waals surface area (Å²) < 4.78 is 5.67. The van der Waals surface area contributed by atoms with Crippen molar-refractivity contribution in [2.24, 2.45) is 5.92 Å². The van der Waals surface area contributed by atoms with Crippen LogP contribution in [0.5, 0.6) is 0 Å². The Morgan fingerprint density at radius 2 is 1.90 bits per heavy atom. The van der Waals surface area contributed by atoms with Crippen molar-refractivity contribution in [3.63, 3.8) is 0 Å². The molecule has 0 spiro atoms. The minimum Gasteiger partial charge on any atom is -0.451 e. The first-order valence-corrected chi connectivity index (χ1v) is 7.63. The highest BCUT2D eigenvalue weighted by Gasteiger charge is 2.24. The second kappa shape index (κ2) is 5.90. The number of amides is 1. The minimum absolute atomic E-state index is 0.00963. The summed E-state index contributed by atoms with van der Waals surface area (Å²) in [6, 6.07) is 9.59. The fourth-order valence-electron chi connectivity index (χ4n) is 2.89. The van der Waals surface area contributed by atoms with Crippen LogP contribution in [-0.4, -0.2) is 48.4 Å². The normalized spacial score (nSPS) is 16.8. The van der Waals surface area contributed by atoms with Crippen LogP contribution >= 0.6 is 0 Å². The van der Waals surface area contributed by atoms with Crippen molar-refractivity contribution in [2.45, 2.75) is 13.8 Å². The van der Waals surface area contributed by atoms with E-state index in [9.17, 15) is 4.79 Å². The van der Waals surface area contributed by atoms with E-state index >= 15 is 0 Å². The zero-order valence-corrected chi connectivity index (χ0v) is 12.7. The van der Waals surface area contributed by atoms with E-state index in [4.69, 9.17) is 4.42 Å². The highest BCUT2D eigenvalue weighted by atomic mass is 16.3. The zero-order valence-electron chi connectivity index (χ0n) is 12.7. The molecule has 0 N–H and O–H groups in total. The topological polar surface area (TPSA) is 36.7 Å². The minimum atomic E-state index is 0.00963. The second-order valence-electron chi connectivity index (χ2n) is 6.14. The van der Waals surface area contributed by atoms with Crippen molar-refractivity contribution >= 4 is 16.9 Å². The SMILES string of the molecule is CC(C)CN1CCN(C(=O)c2cc3ccccc3o2)CC1. The molecule has 4 nitrogen and oxygen atoms in total. The van der Waals surface area contributed by atoms with Crippen molar-refractivity contribution in [1.82, 2.24) is 9.80 Å². The van der Waals surface area contributed by atoms with Gasteiger partial charge in [-0.05, 0) is 18.1 Å². The Labute approximate surface area is 125 Å². The summed E-state index contributed by atoms with van der Waals surface area (Å²) in [5.74, 6) is 1.13. The van der Waals surface area contributed by atoms with Crippen molar-refractivity contribution in [1.29, 1.82) is 0 Å². The first-order valence-electron chi connectivity index (χ1n) is 7.63. The van der Waals surface area contributed by atoms with Gasteiger partial charge in [-0.3, -0.25) is 9.69 Å². The Hall–Kier alpha value is -1.81. The largest absolute Gasteiger partial charge is 0.451 e. The van der Waals surface area contributed by atoms with Crippen LogP contribution < -0.4 is 0 Å². The fraction of sp³-hybridized carbons (Fsp3) is 0.471. The lowest BCUT2D eigenvalue weighted by molar-refractivity contribution is 0.0595. The molecule has 1 aromatic heterocycles. The van der Waals surface area contributed by atoms with E-state index in [1.165, 1.54) is 0 Å². The summed E-state index contributed by atoms with van der Waals surface area (Å²) in [7, 11) is 0. The molecular weight excluding hydrogens is 264 g/mol. The van der Waals surface area contributed by atoms with Gasteiger partial charge in [0.15, 0.2) is 5.76 Å². The highest BCUT2D eigenvalue weighted by molar-refractivity contribution is 5.96. The van der Waals surface area contributed by atoms with E-state index in [-0.39, 0.29) is 5.91 Å². The van der Waals surface area contributed by atoms with Gasteiger partial charge in [0.05, 0.1) is 0 Å². The van der Waals surface area contributed by atoms with E-state index in [1.54, 1.807) is 0 Å². The van der Waals surface area contributed by atoms with Crippen molar-refractivity contribution in [2.75, 3.05) is 32.7 Å². The van der Waals surface area contributed by atoms with Crippen LogP contribution in [0.25, 0.3) is 11.0 Å². The molecule has 2 heterocycles. The van der Waals surface area contributed by atoms with Crippen LogP contribution in [-0.2, 0) is 0 Å². The summed E-state index contributed by atoms with van der Waals surface area (Å²) in [4.78, 5) is 16.8. The van der Waals surface area contributed by atoms with Gasteiger partial charge in [-0.2, -0.15) is 0 Å². The third kappa shape index (κ3) is 3.10. The van der Waals surface area contributed by atoms with Gasteiger partial charge in [-0.1, -0.05) is 32.0 Å². The molecule has 1 amide bonds. The maximum Gasteiger partial charge on any atom is 0.289 e. The number of carbonyl (C=O) groups excluding carboxylic acids is 1. The number of rotatable bonds is 3. The quantitative estimate of drug-likeness (QED) is 0.870. The maximum atomic E-state index is 12.5. The third-order valence-corrected chi connectivity index (χ3v) is 3.92. The summed E-state index contributed by atoms with van der Waals surface area (Å²) >= 11 is 0. The van der Waals surface area contributed by atoms with Gasteiger partial charge in [-0.15, -0.1) is 0 Å². The number of fused-ring (bicyclic) bond motifs is 1. The van der Waals surface area contributed by atoms with Crippen molar-refractivity contribution in [3.05, 3.63) is 36.1 Å². The third-order valence-electron chi connectivity index (χ3n) is 3.92. The van der Waals surface area contributed by atoms with Crippen LogP contribution in [0.4, 0.5) is 0 Å². The molecule has 4 heteroatoms. The molecule has 21 heavy (non-hydrogen) atoms. The Balaban J connectivity index is 1.66. The van der Waals surface area contributed by atoms with E-state index in [0.717, 1.165) is 43.7 Å². The predicted octanol–water partition coefficient (Wildman–Crippen LogP) is 2.85. The first-order chi connectivity index (χ1) is 10.1.